The van der Waals surface area contributed by atoms with Crippen molar-refractivity contribution in [1.29, 1.82) is 0 Å². The number of nitrogens with zero attached hydrogens (tertiary/aromatic N) is 4. The first-order valence-electron chi connectivity index (χ1n) is 7.37. The highest BCUT2D eigenvalue weighted by atomic mass is 16.1. The number of aryl methyl sites for hydroxylation is 2. The van der Waals surface area contributed by atoms with E-state index in [1.807, 2.05) is 38.4 Å². The average molecular weight is 302 g/mol. The first kappa shape index (κ1) is 15.9. The number of carbonyl (C=O) groups is 1. The minimum atomic E-state index is -0.183. The summed E-state index contributed by atoms with van der Waals surface area (Å²) < 4.78 is 1.89. The molecule has 2 aromatic heterocycles. The quantitative estimate of drug-likeness (QED) is 0.845. The second-order valence-electron chi connectivity index (χ2n) is 5.31. The molecule has 0 fully saturated rings. The maximum Gasteiger partial charge on any atom is 0.254 e. The molecule has 7 nitrogen and oxygen atoms in total. The first-order chi connectivity index (χ1) is 10.5. The Kier molecular flexibility index (Phi) is 5.08. The molecular weight excluding hydrogens is 280 g/mol. The normalized spacial score (nSPS) is 12.0. The molecule has 2 N–H and O–H groups in total. The third-order valence-electron chi connectivity index (χ3n) is 3.18. The van der Waals surface area contributed by atoms with E-state index < -0.39 is 0 Å². The van der Waals surface area contributed by atoms with Crippen LogP contribution in [0.3, 0.4) is 0 Å². The predicted octanol–water partition coefficient (Wildman–Crippen LogP) is 1.54. The molecule has 22 heavy (non-hydrogen) atoms. The molecule has 0 radical (unpaired) electrons. The van der Waals surface area contributed by atoms with Crippen molar-refractivity contribution >= 4 is 11.9 Å². The fraction of sp³-hybridized carbons (Fsp3) is 0.467. The third-order valence-corrected chi connectivity index (χ3v) is 3.18. The molecule has 0 aliphatic heterocycles. The van der Waals surface area contributed by atoms with E-state index >= 15 is 0 Å². The van der Waals surface area contributed by atoms with Crippen LogP contribution in [0.2, 0.25) is 0 Å². The van der Waals surface area contributed by atoms with Gasteiger partial charge in [0.1, 0.15) is 0 Å². The number of anilines is 1. The second-order valence-corrected chi connectivity index (χ2v) is 5.31. The van der Waals surface area contributed by atoms with Crippen molar-refractivity contribution in [2.45, 2.75) is 40.3 Å². The SMILES string of the molecule is CCNc1ncc(C(=O)N[C@@H](C)Cn2nc(C)cc2C)cn1. The van der Waals surface area contributed by atoms with Crippen LogP contribution in [0.1, 0.15) is 35.6 Å². The smallest absolute Gasteiger partial charge is 0.254 e. The number of hydrogen-bond donors (Lipinski definition) is 2. The topological polar surface area (TPSA) is 84.7 Å². The van der Waals surface area contributed by atoms with Gasteiger partial charge in [-0.25, -0.2) is 9.97 Å². The molecule has 0 aliphatic carbocycles. The number of carbonyl (C=O) groups excluding carboxylic acids is 1. The molecule has 0 saturated carbocycles. The van der Waals surface area contributed by atoms with Gasteiger partial charge in [-0.05, 0) is 33.8 Å². The van der Waals surface area contributed by atoms with Gasteiger partial charge in [-0.15, -0.1) is 0 Å². The molecular formula is C15H22N6O. The van der Waals surface area contributed by atoms with Crippen molar-refractivity contribution < 1.29 is 4.79 Å². The summed E-state index contributed by atoms with van der Waals surface area (Å²) in [6.45, 7) is 9.23. The largest absolute Gasteiger partial charge is 0.355 e. The van der Waals surface area contributed by atoms with E-state index in [1.165, 1.54) is 12.4 Å². The maximum absolute atomic E-state index is 12.2. The second kappa shape index (κ2) is 7.02. The highest BCUT2D eigenvalue weighted by Gasteiger charge is 2.12. The van der Waals surface area contributed by atoms with Crippen LogP contribution in [0.15, 0.2) is 18.5 Å². The van der Waals surface area contributed by atoms with Crippen LogP contribution in [-0.2, 0) is 6.54 Å². The Balaban J connectivity index is 1.94. The Morgan fingerprint density at radius 2 is 2.00 bits per heavy atom. The molecule has 0 spiro atoms. The van der Waals surface area contributed by atoms with E-state index in [2.05, 4.69) is 25.7 Å². The molecule has 118 valence electrons. The Hall–Kier alpha value is -2.44. The third kappa shape index (κ3) is 4.03. The van der Waals surface area contributed by atoms with Gasteiger partial charge in [-0.1, -0.05) is 0 Å². The molecule has 2 rings (SSSR count). The lowest BCUT2D eigenvalue weighted by Gasteiger charge is -2.15. The summed E-state index contributed by atoms with van der Waals surface area (Å²) in [6.07, 6.45) is 3.05. The van der Waals surface area contributed by atoms with Crippen LogP contribution >= 0.6 is 0 Å². The van der Waals surface area contributed by atoms with Gasteiger partial charge < -0.3 is 10.6 Å². The molecule has 0 bridgehead atoms. The standard InChI is InChI=1S/C15H22N6O/c1-5-16-15-17-7-13(8-18-15)14(22)19-11(3)9-21-12(4)6-10(2)20-21/h6-8,11H,5,9H2,1-4H3,(H,19,22)(H,16,17,18)/t11-/m0/s1. The fourth-order valence-corrected chi connectivity index (χ4v) is 2.17. The van der Waals surface area contributed by atoms with Crippen LogP contribution in [0, 0.1) is 13.8 Å². The first-order valence-corrected chi connectivity index (χ1v) is 7.37. The fourth-order valence-electron chi connectivity index (χ4n) is 2.17. The van der Waals surface area contributed by atoms with Crippen LogP contribution in [0.25, 0.3) is 0 Å². The summed E-state index contributed by atoms with van der Waals surface area (Å²) in [5.74, 6) is 0.340. The molecule has 1 atom stereocenters. The van der Waals surface area contributed by atoms with Gasteiger partial charge in [0, 0.05) is 30.7 Å². The predicted molar refractivity (Wildman–Crippen MR) is 84.8 cm³/mol. The lowest BCUT2D eigenvalue weighted by atomic mass is 10.2. The summed E-state index contributed by atoms with van der Waals surface area (Å²) in [5.41, 5.74) is 2.50. The van der Waals surface area contributed by atoms with Crippen molar-refractivity contribution in [1.82, 2.24) is 25.1 Å². The lowest BCUT2D eigenvalue weighted by molar-refractivity contribution is 0.0935. The van der Waals surface area contributed by atoms with Gasteiger partial charge in [-0.2, -0.15) is 5.10 Å². The van der Waals surface area contributed by atoms with Crippen LogP contribution in [-0.4, -0.2) is 38.2 Å². The monoisotopic (exact) mass is 302 g/mol. The minimum absolute atomic E-state index is 0.0426. The van der Waals surface area contributed by atoms with E-state index in [4.69, 9.17) is 0 Å². The van der Waals surface area contributed by atoms with Gasteiger partial charge in [-0.3, -0.25) is 9.48 Å². The summed E-state index contributed by atoms with van der Waals surface area (Å²) in [7, 11) is 0. The summed E-state index contributed by atoms with van der Waals surface area (Å²) in [5, 5.41) is 10.3. The molecule has 7 heteroatoms. The lowest BCUT2D eigenvalue weighted by Crippen LogP contribution is -2.36. The zero-order chi connectivity index (χ0) is 16.1. The summed E-state index contributed by atoms with van der Waals surface area (Å²) in [4.78, 5) is 20.4. The zero-order valence-corrected chi connectivity index (χ0v) is 13.4. The highest BCUT2D eigenvalue weighted by Crippen LogP contribution is 2.04. The Bertz CT molecular complexity index is 634. The molecule has 0 aromatic carbocycles. The number of rotatable bonds is 6. The molecule has 0 aliphatic rings. The highest BCUT2D eigenvalue weighted by molar-refractivity contribution is 5.93. The van der Waals surface area contributed by atoms with Gasteiger partial charge >= 0.3 is 0 Å². The minimum Gasteiger partial charge on any atom is -0.355 e. The van der Waals surface area contributed by atoms with Crippen molar-refractivity contribution in [2.75, 3.05) is 11.9 Å². The summed E-state index contributed by atoms with van der Waals surface area (Å²) in [6, 6.07) is 1.97. The van der Waals surface area contributed by atoms with E-state index in [0.717, 1.165) is 17.9 Å². The number of nitrogens with one attached hydrogen (secondary N) is 2. The van der Waals surface area contributed by atoms with E-state index in [-0.39, 0.29) is 11.9 Å². The van der Waals surface area contributed by atoms with Crippen LogP contribution in [0.5, 0.6) is 0 Å². The van der Waals surface area contributed by atoms with Gasteiger partial charge in [0.2, 0.25) is 5.95 Å². The summed E-state index contributed by atoms with van der Waals surface area (Å²) >= 11 is 0. The molecule has 2 heterocycles. The average Bonchev–Trinajstić information content (AvgIpc) is 2.77. The molecule has 0 saturated heterocycles. The van der Waals surface area contributed by atoms with Crippen molar-refractivity contribution in [2.24, 2.45) is 0 Å². The number of amides is 1. The molecule has 2 aromatic rings. The van der Waals surface area contributed by atoms with Gasteiger partial charge in [0.25, 0.3) is 5.91 Å². The van der Waals surface area contributed by atoms with E-state index in [9.17, 15) is 4.79 Å². The van der Waals surface area contributed by atoms with E-state index in [0.29, 0.717) is 18.1 Å². The maximum atomic E-state index is 12.2. The number of aromatic nitrogens is 4. The van der Waals surface area contributed by atoms with Crippen molar-refractivity contribution in [3.8, 4) is 0 Å². The Morgan fingerprint density at radius 1 is 1.32 bits per heavy atom. The van der Waals surface area contributed by atoms with Crippen LogP contribution < -0.4 is 10.6 Å². The molecule has 0 unspecified atom stereocenters. The van der Waals surface area contributed by atoms with Gasteiger partial charge in [0.15, 0.2) is 0 Å². The van der Waals surface area contributed by atoms with Crippen molar-refractivity contribution in [3.05, 3.63) is 35.4 Å². The Morgan fingerprint density at radius 3 is 2.55 bits per heavy atom. The molecule has 1 amide bonds. The van der Waals surface area contributed by atoms with Crippen LogP contribution in [0.4, 0.5) is 5.95 Å². The Labute approximate surface area is 130 Å². The van der Waals surface area contributed by atoms with Crippen molar-refractivity contribution in [3.63, 3.8) is 0 Å². The zero-order valence-electron chi connectivity index (χ0n) is 13.4. The number of hydrogen-bond acceptors (Lipinski definition) is 5. The van der Waals surface area contributed by atoms with Gasteiger partial charge in [0.05, 0.1) is 17.8 Å². The van der Waals surface area contributed by atoms with E-state index in [1.54, 1.807) is 0 Å².